The highest BCUT2D eigenvalue weighted by atomic mass is 32.1. The Morgan fingerprint density at radius 2 is 1.71 bits per heavy atom. The van der Waals surface area contributed by atoms with Gasteiger partial charge in [0.15, 0.2) is 6.61 Å². The van der Waals surface area contributed by atoms with E-state index in [1.807, 2.05) is 0 Å². The molecule has 9 nitrogen and oxygen atoms in total. The summed E-state index contributed by atoms with van der Waals surface area (Å²) in [5.74, 6) is -1.84. The average molecular weight is 499 g/mol. The first-order valence-corrected chi connectivity index (χ1v) is 12.3. The Kier molecular flexibility index (Phi) is 7.30. The summed E-state index contributed by atoms with van der Waals surface area (Å²) in [4.78, 5) is 63.4. The zero-order chi connectivity index (χ0) is 25.1. The third kappa shape index (κ3) is 5.27. The highest BCUT2D eigenvalue weighted by Crippen LogP contribution is 2.40. The van der Waals surface area contributed by atoms with Crippen LogP contribution < -0.4 is 10.2 Å². The number of hydrogen-bond acceptors (Lipinski definition) is 8. The van der Waals surface area contributed by atoms with Gasteiger partial charge in [-0.15, -0.1) is 11.3 Å². The summed E-state index contributed by atoms with van der Waals surface area (Å²) in [5, 5.41) is 3.11. The number of amides is 3. The van der Waals surface area contributed by atoms with E-state index in [2.05, 4.69) is 12.2 Å². The number of rotatable bonds is 7. The van der Waals surface area contributed by atoms with Crippen molar-refractivity contribution in [1.82, 2.24) is 0 Å². The van der Waals surface area contributed by atoms with E-state index < -0.39 is 24.5 Å². The summed E-state index contributed by atoms with van der Waals surface area (Å²) in [6.07, 6.45) is 2.88. The molecule has 1 N–H and O–H groups in total. The standard InChI is InChI=1S/C25H26N2O7S/c1-3-33-25(32)22-17-9-4-14(2)12-18(17)35-23(22)26-19(28)13-34-24(31)15-5-7-16(8-6-15)27-20(29)10-11-21(27)30/h5-8,14H,3-4,9-13H2,1-2H3,(H,26,28). The molecule has 2 aliphatic rings. The van der Waals surface area contributed by atoms with Crippen LogP contribution in [0.3, 0.4) is 0 Å². The van der Waals surface area contributed by atoms with E-state index in [1.54, 1.807) is 6.92 Å². The largest absolute Gasteiger partial charge is 0.462 e. The maximum atomic E-state index is 12.6. The minimum absolute atomic E-state index is 0.169. The molecule has 0 bridgehead atoms. The van der Waals surface area contributed by atoms with E-state index in [9.17, 15) is 24.0 Å². The van der Waals surface area contributed by atoms with Gasteiger partial charge in [0, 0.05) is 17.7 Å². The van der Waals surface area contributed by atoms with Crippen LogP contribution in [0, 0.1) is 5.92 Å². The highest BCUT2D eigenvalue weighted by Gasteiger charge is 2.31. The molecule has 1 aromatic carbocycles. The first kappa shape index (κ1) is 24.6. The summed E-state index contributed by atoms with van der Waals surface area (Å²) in [7, 11) is 0. The van der Waals surface area contributed by atoms with Gasteiger partial charge in [-0.25, -0.2) is 9.59 Å². The first-order valence-electron chi connectivity index (χ1n) is 11.5. The summed E-state index contributed by atoms with van der Waals surface area (Å²) in [5.41, 5.74) is 1.87. The zero-order valence-corrected chi connectivity index (χ0v) is 20.4. The molecule has 0 radical (unpaired) electrons. The molecule has 35 heavy (non-hydrogen) atoms. The number of thiophene rings is 1. The number of imide groups is 1. The van der Waals surface area contributed by atoms with E-state index in [1.165, 1.54) is 35.6 Å². The minimum atomic E-state index is -0.726. The van der Waals surface area contributed by atoms with Gasteiger partial charge >= 0.3 is 11.9 Å². The fourth-order valence-corrected chi connectivity index (χ4v) is 5.66. The predicted octanol–water partition coefficient (Wildman–Crippen LogP) is 3.50. The van der Waals surface area contributed by atoms with Crippen LogP contribution >= 0.6 is 11.3 Å². The Labute approximate surface area is 206 Å². The maximum absolute atomic E-state index is 12.6. The molecule has 1 aliphatic heterocycles. The molecule has 4 rings (SSSR count). The minimum Gasteiger partial charge on any atom is -0.462 e. The molecular formula is C25H26N2O7S. The van der Waals surface area contributed by atoms with Gasteiger partial charge in [-0.1, -0.05) is 6.92 Å². The van der Waals surface area contributed by atoms with Crippen LogP contribution in [0.1, 0.15) is 64.3 Å². The maximum Gasteiger partial charge on any atom is 0.341 e. The lowest BCUT2D eigenvalue weighted by atomic mass is 9.88. The van der Waals surface area contributed by atoms with Gasteiger partial charge in [0.25, 0.3) is 5.91 Å². The molecule has 0 saturated carbocycles. The van der Waals surface area contributed by atoms with Gasteiger partial charge in [0.05, 0.1) is 23.4 Å². The Morgan fingerprint density at radius 1 is 1.03 bits per heavy atom. The Morgan fingerprint density at radius 3 is 2.37 bits per heavy atom. The number of esters is 2. The van der Waals surface area contributed by atoms with Gasteiger partial charge in [-0.2, -0.15) is 0 Å². The van der Waals surface area contributed by atoms with E-state index in [4.69, 9.17) is 9.47 Å². The Hall–Kier alpha value is -3.53. The SMILES string of the molecule is CCOC(=O)c1c(NC(=O)COC(=O)c2ccc(N3C(=O)CCC3=O)cc2)sc2c1CCC(C)C2. The van der Waals surface area contributed by atoms with E-state index in [0.717, 1.165) is 34.6 Å². The number of benzene rings is 1. The average Bonchev–Trinajstić information content (AvgIpc) is 3.35. The number of ether oxygens (including phenoxy) is 2. The van der Waals surface area contributed by atoms with Crippen LogP contribution in [-0.2, 0) is 36.7 Å². The third-order valence-electron chi connectivity index (χ3n) is 5.99. The number of hydrogen-bond donors (Lipinski definition) is 1. The van der Waals surface area contributed by atoms with Crippen molar-refractivity contribution >= 4 is 51.7 Å². The van der Waals surface area contributed by atoms with Crippen molar-refractivity contribution in [3.8, 4) is 0 Å². The van der Waals surface area contributed by atoms with Crippen molar-refractivity contribution in [1.29, 1.82) is 0 Å². The number of fused-ring (bicyclic) bond motifs is 1. The number of anilines is 2. The monoisotopic (exact) mass is 498 g/mol. The number of nitrogens with zero attached hydrogens (tertiary/aromatic N) is 1. The second kappa shape index (κ2) is 10.4. The zero-order valence-electron chi connectivity index (χ0n) is 19.5. The smallest absolute Gasteiger partial charge is 0.341 e. The summed E-state index contributed by atoms with van der Waals surface area (Å²) < 4.78 is 10.3. The molecule has 1 saturated heterocycles. The lowest BCUT2D eigenvalue weighted by Gasteiger charge is -2.18. The van der Waals surface area contributed by atoms with Gasteiger partial charge in [0.1, 0.15) is 5.00 Å². The number of carbonyl (C=O) groups is 5. The molecular weight excluding hydrogens is 472 g/mol. The first-order chi connectivity index (χ1) is 16.8. The second-order valence-corrected chi connectivity index (χ2v) is 9.68. The van der Waals surface area contributed by atoms with Crippen molar-refractivity contribution in [2.24, 2.45) is 5.92 Å². The fourth-order valence-electron chi connectivity index (χ4n) is 4.25. The molecule has 1 aliphatic carbocycles. The molecule has 1 fully saturated rings. The Bertz CT molecular complexity index is 1170. The van der Waals surface area contributed by atoms with Crippen LogP contribution in [-0.4, -0.2) is 42.9 Å². The number of carbonyl (C=O) groups excluding carboxylic acids is 5. The molecule has 1 atom stereocenters. The summed E-state index contributed by atoms with van der Waals surface area (Å²) >= 11 is 1.36. The molecule has 3 amide bonds. The molecule has 1 aromatic heterocycles. The van der Waals surface area contributed by atoms with Crippen molar-refractivity contribution in [2.45, 2.75) is 46.0 Å². The third-order valence-corrected chi connectivity index (χ3v) is 7.16. The van der Waals surface area contributed by atoms with Gasteiger partial charge in [-0.3, -0.25) is 19.3 Å². The van der Waals surface area contributed by atoms with Crippen molar-refractivity contribution in [3.63, 3.8) is 0 Å². The fraction of sp³-hybridized carbons (Fsp3) is 0.400. The molecule has 0 spiro atoms. The van der Waals surface area contributed by atoms with Crippen molar-refractivity contribution < 1.29 is 33.4 Å². The van der Waals surface area contributed by atoms with Crippen LogP contribution in [0.4, 0.5) is 10.7 Å². The van der Waals surface area contributed by atoms with Gasteiger partial charge in [-0.05, 0) is 61.9 Å². The number of nitrogens with one attached hydrogen (secondary N) is 1. The topological polar surface area (TPSA) is 119 Å². The van der Waals surface area contributed by atoms with Gasteiger partial charge in [0.2, 0.25) is 11.8 Å². The Balaban J connectivity index is 1.39. The van der Waals surface area contributed by atoms with E-state index in [-0.39, 0.29) is 36.8 Å². The van der Waals surface area contributed by atoms with Crippen molar-refractivity contribution in [2.75, 3.05) is 23.4 Å². The van der Waals surface area contributed by atoms with Crippen molar-refractivity contribution in [3.05, 3.63) is 45.8 Å². The molecule has 1 unspecified atom stereocenters. The van der Waals surface area contributed by atoms with Crippen LogP contribution in [0.15, 0.2) is 24.3 Å². The summed E-state index contributed by atoms with van der Waals surface area (Å²) in [6.45, 7) is 3.57. The predicted molar refractivity (Wildman–Crippen MR) is 129 cm³/mol. The quantitative estimate of drug-likeness (QED) is 0.458. The molecule has 2 aromatic rings. The summed E-state index contributed by atoms with van der Waals surface area (Å²) in [6, 6.07) is 5.84. The highest BCUT2D eigenvalue weighted by molar-refractivity contribution is 7.17. The van der Waals surface area contributed by atoms with E-state index in [0.29, 0.717) is 22.2 Å². The molecule has 2 heterocycles. The second-order valence-electron chi connectivity index (χ2n) is 8.57. The lowest BCUT2D eigenvalue weighted by Crippen LogP contribution is -2.28. The lowest BCUT2D eigenvalue weighted by molar-refractivity contribution is -0.121. The molecule has 10 heteroatoms. The van der Waals surface area contributed by atoms with Crippen LogP contribution in [0.2, 0.25) is 0 Å². The molecule has 184 valence electrons. The van der Waals surface area contributed by atoms with Crippen LogP contribution in [0.25, 0.3) is 0 Å². The normalized spacial score (nSPS) is 17.2. The van der Waals surface area contributed by atoms with Crippen LogP contribution in [0.5, 0.6) is 0 Å². The van der Waals surface area contributed by atoms with Gasteiger partial charge < -0.3 is 14.8 Å². The van der Waals surface area contributed by atoms with E-state index >= 15 is 0 Å².